The molecule has 1 aromatic rings. The number of hydrogen-bond acceptors (Lipinski definition) is 3. The minimum absolute atomic E-state index is 0. The Labute approximate surface area is 121 Å². The molecule has 0 heterocycles. The van der Waals surface area contributed by atoms with Gasteiger partial charge >= 0.3 is 0 Å². The molecule has 1 aromatic carbocycles. The predicted octanol–water partition coefficient (Wildman–Crippen LogP) is 2.01. The number of rotatable bonds is 7. The Morgan fingerprint density at radius 1 is 1.32 bits per heavy atom. The third-order valence-corrected chi connectivity index (χ3v) is 2.72. The van der Waals surface area contributed by atoms with E-state index in [1.807, 2.05) is 38.1 Å². The summed E-state index contributed by atoms with van der Waals surface area (Å²) < 4.78 is 4.92. The van der Waals surface area contributed by atoms with Gasteiger partial charge in [-0.3, -0.25) is 4.79 Å². The van der Waals surface area contributed by atoms with Crippen LogP contribution >= 0.6 is 12.4 Å². The maximum absolute atomic E-state index is 12.0. The average Bonchev–Trinajstić information content (AvgIpc) is 2.38. The smallest absolute Gasteiger partial charge is 0.240 e. The van der Waals surface area contributed by atoms with Gasteiger partial charge in [-0.1, -0.05) is 17.7 Å². The fourth-order valence-corrected chi connectivity index (χ4v) is 1.69. The molecule has 1 rings (SSSR count). The van der Waals surface area contributed by atoms with E-state index in [9.17, 15) is 4.79 Å². The Hall–Kier alpha value is -1.10. The highest BCUT2D eigenvalue weighted by atomic mass is 35.5. The lowest BCUT2D eigenvalue weighted by molar-refractivity contribution is -0.117. The van der Waals surface area contributed by atoms with E-state index in [0.29, 0.717) is 26.2 Å². The molecule has 1 N–H and O–H groups in total. The molecule has 0 aliphatic heterocycles. The number of ether oxygens (including phenoxy) is 1. The number of nitrogens with one attached hydrogen (secondary N) is 1. The molecule has 0 aliphatic carbocycles. The van der Waals surface area contributed by atoms with Crippen LogP contribution in [0.2, 0.25) is 0 Å². The van der Waals surface area contributed by atoms with Crippen molar-refractivity contribution in [2.75, 3.05) is 38.3 Å². The molecule has 4 nitrogen and oxygen atoms in total. The van der Waals surface area contributed by atoms with Gasteiger partial charge in [-0.05, 0) is 26.0 Å². The minimum atomic E-state index is 0. The summed E-state index contributed by atoms with van der Waals surface area (Å²) >= 11 is 0. The van der Waals surface area contributed by atoms with Crippen LogP contribution in [0.3, 0.4) is 0 Å². The fraction of sp³-hybridized carbons (Fsp3) is 0.500. The zero-order chi connectivity index (χ0) is 13.4. The first-order valence-electron chi connectivity index (χ1n) is 6.25. The Morgan fingerprint density at radius 3 is 2.47 bits per heavy atom. The van der Waals surface area contributed by atoms with Crippen molar-refractivity contribution in [1.29, 1.82) is 0 Å². The van der Waals surface area contributed by atoms with E-state index in [0.717, 1.165) is 5.69 Å². The van der Waals surface area contributed by atoms with Gasteiger partial charge in [0.15, 0.2) is 0 Å². The van der Waals surface area contributed by atoms with Crippen molar-refractivity contribution in [1.82, 2.24) is 5.32 Å². The summed E-state index contributed by atoms with van der Waals surface area (Å²) in [6.45, 7) is 6.33. The first kappa shape index (κ1) is 17.9. The lowest BCUT2D eigenvalue weighted by atomic mass is 10.2. The predicted molar refractivity (Wildman–Crippen MR) is 81.2 cm³/mol. The maximum Gasteiger partial charge on any atom is 0.240 e. The first-order chi connectivity index (χ1) is 8.69. The van der Waals surface area contributed by atoms with Gasteiger partial charge in [-0.25, -0.2) is 0 Å². The van der Waals surface area contributed by atoms with Crippen molar-refractivity contribution < 1.29 is 9.53 Å². The largest absolute Gasteiger partial charge is 0.383 e. The SMILES string of the molecule is CCN(C(=O)CNCCOC)c1ccc(C)cc1.Cl. The van der Waals surface area contributed by atoms with Crippen molar-refractivity contribution in [2.24, 2.45) is 0 Å². The highest BCUT2D eigenvalue weighted by molar-refractivity contribution is 5.94. The number of halogens is 1. The molecule has 0 saturated carbocycles. The summed E-state index contributed by atoms with van der Waals surface area (Å²) in [5.74, 6) is 0.0810. The lowest BCUT2D eigenvalue weighted by Gasteiger charge is -2.21. The van der Waals surface area contributed by atoms with Crippen molar-refractivity contribution in [3.05, 3.63) is 29.8 Å². The number of nitrogens with zero attached hydrogens (tertiary/aromatic N) is 1. The van der Waals surface area contributed by atoms with Crippen molar-refractivity contribution in [3.8, 4) is 0 Å². The number of amides is 1. The van der Waals surface area contributed by atoms with Crippen LogP contribution in [0.1, 0.15) is 12.5 Å². The number of anilines is 1. The number of hydrogen-bond donors (Lipinski definition) is 1. The molecule has 5 heteroatoms. The molecule has 1 amide bonds. The maximum atomic E-state index is 12.0. The van der Waals surface area contributed by atoms with Crippen LogP contribution in [0.15, 0.2) is 24.3 Å². The van der Waals surface area contributed by atoms with Crippen LogP contribution in [-0.4, -0.2) is 39.3 Å². The quantitative estimate of drug-likeness (QED) is 0.780. The summed E-state index contributed by atoms with van der Waals surface area (Å²) in [4.78, 5) is 13.8. The number of carbonyl (C=O) groups is 1. The van der Waals surface area contributed by atoms with Crippen molar-refractivity contribution in [3.63, 3.8) is 0 Å². The average molecular weight is 287 g/mol. The molecule has 0 aromatic heterocycles. The molecule has 0 saturated heterocycles. The second-order valence-corrected chi connectivity index (χ2v) is 4.14. The minimum Gasteiger partial charge on any atom is -0.383 e. The number of carbonyl (C=O) groups excluding carboxylic acids is 1. The summed E-state index contributed by atoms with van der Waals surface area (Å²) in [7, 11) is 1.65. The molecule has 0 atom stereocenters. The van der Waals surface area contributed by atoms with E-state index >= 15 is 0 Å². The topological polar surface area (TPSA) is 41.6 Å². The normalized spacial score (nSPS) is 9.84. The van der Waals surface area contributed by atoms with Crippen LogP contribution in [-0.2, 0) is 9.53 Å². The number of aryl methyl sites for hydroxylation is 1. The summed E-state index contributed by atoms with van der Waals surface area (Å²) in [5, 5.41) is 3.07. The highest BCUT2D eigenvalue weighted by Gasteiger charge is 2.12. The summed E-state index contributed by atoms with van der Waals surface area (Å²) in [6, 6.07) is 7.99. The van der Waals surface area contributed by atoms with Gasteiger partial charge in [0.1, 0.15) is 0 Å². The van der Waals surface area contributed by atoms with Gasteiger partial charge in [0.05, 0.1) is 13.2 Å². The van der Waals surface area contributed by atoms with Gasteiger partial charge in [-0.2, -0.15) is 0 Å². The Balaban J connectivity index is 0.00000324. The van der Waals surface area contributed by atoms with E-state index < -0.39 is 0 Å². The molecular weight excluding hydrogens is 264 g/mol. The van der Waals surface area contributed by atoms with E-state index in [4.69, 9.17) is 4.74 Å². The van der Waals surface area contributed by atoms with Gasteiger partial charge < -0.3 is 15.0 Å². The second-order valence-electron chi connectivity index (χ2n) is 4.14. The summed E-state index contributed by atoms with van der Waals surface area (Å²) in [6.07, 6.45) is 0. The van der Waals surface area contributed by atoms with E-state index in [-0.39, 0.29) is 18.3 Å². The molecule has 19 heavy (non-hydrogen) atoms. The molecule has 0 fully saturated rings. The summed E-state index contributed by atoms with van der Waals surface area (Å²) in [5.41, 5.74) is 2.14. The zero-order valence-corrected chi connectivity index (χ0v) is 12.6. The second kappa shape index (κ2) is 9.78. The van der Waals surface area contributed by atoms with Crippen LogP contribution in [0.4, 0.5) is 5.69 Å². The third kappa shape index (κ3) is 6.05. The van der Waals surface area contributed by atoms with Crippen LogP contribution < -0.4 is 10.2 Å². The molecule has 0 radical (unpaired) electrons. The van der Waals surface area contributed by atoms with E-state index in [1.165, 1.54) is 5.56 Å². The molecule has 108 valence electrons. The van der Waals surface area contributed by atoms with E-state index in [2.05, 4.69) is 5.32 Å². The Morgan fingerprint density at radius 2 is 1.95 bits per heavy atom. The van der Waals surface area contributed by atoms with Crippen molar-refractivity contribution in [2.45, 2.75) is 13.8 Å². The molecular formula is C14H23ClN2O2. The third-order valence-electron chi connectivity index (χ3n) is 2.72. The van der Waals surface area contributed by atoms with E-state index in [1.54, 1.807) is 12.0 Å². The lowest BCUT2D eigenvalue weighted by Crippen LogP contribution is -2.39. The standard InChI is InChI=1S/C14H22N2O2.ClH/c1-4-16(13-7-5-12(2)6-8-13)14(17)11-15-9-10-18-3;/h5-8,15H,4,9-11H2,1-3H3;1H. The van der Waals surface area contributed by atoms with Gasteiger partial charge in [0.25, 0.3) is 0 Å². The Bertz CT molecular complexity index is 368. The number of likely N-dealkylation sites (N-methyl/N-ethyl adjacent to an activating group) is 1. The van der Waals surface area contributed by atoms with Crippen molar-refractivity contribution >= 4 is 24.0 Å². The fourth-order valence-electron chi connectivity index (χ4n) is 1.69. The van der Waals surface area contributed by atoms with Crippen LogP contribution in [0.25, 0.3) is 0 Å². The van der Waals surface area contributed by atoms with Gasteiger partial charge in [-0.15, -0.1) is 12.4 Å². The molecule has 0 unspecified atom stereocenters. The van der Waals surface area contributed by atoms with Gasteiger partial charge in [0, 0.05) is 25.9 Å². The molecule has 0 spiro atoms. The highest BCUT2D eigenvalue weighted by Crippen LogP contribution is 2.14. The van der Waals surface area contributed by atoms with Crippen LogP contribution in [0, 0.1) is 6.92 Å². The molecule has 0 bridgehead atoms. The monoisotopic (exact) mass is 286 g/mol. The molecule has 0 aliphatic rings. The zero-order valence-electron chi connectivity index (χ0n) is 11.8. The number of methoxy groups -OCH3 is 1. The first-order valence-corrected chi connectivity index (χ1v) is 6.25. The van der Waals surface area contributed by atoms with Gasteiger partial charge in [0.2, 0.25) is 5.91 Å². The Kier molecular flexibility index (Phi) is 9.21. The number of benzene rings is 1. The van der Waals surface area contributed by atoms with Crippen LogP contribution in [0.5, 0.6) is 0 Å².